The van der Waals surface area contributed by atoms with Crippen molar-refractivity contribution >= 4 is 0 Å². The van der Waals surface area contributed by atoms with Gasteiger partial charge in [-0.1, -0.05) is 32.6 Å². The Kier molecular flexibility index (Phi) is 5.70. The summed E-state index contributed by atoms with van der Waals surface area (Å²) in [5.74, 6) is 0. The van der Waals surface area contributed by atoms with E-state index in [1.165, 1.54) is 19.3 Å². The Hall–Kier alpha value is -0.0400. The third-order valence-electron chi connectivity index (χ3n) is 1.73. The molecule has 10 heavy (non-hydrogen) atoms. The van der Waals surface area contributed by atoms with Gasteiger partial charge in [-0.25, -0.2) is 0 Å². The summed E-state index contributed by atoms with van der Waals surface area (Å²) >= 11 is 0. The third-order valence-corrected chi connectivity index (χ3v) is 1.73. The molecule has 1 unspecified atom stereocenters. The van der Waals surface area contributed by atoms with Crippen LogP contribution in [0.5, 0.6) is 0 Å². The Labute approximate surface area is 66.2 Å². The van der Waals surface area contributed by atoms with Crippen molar-refractivity contribution in [2.24, 2.45) is 0 Å². The first-order chi connectivity index (χ1) is 5.12. The molecule has 0 bridgehead atoms. The second-order valence-electron chi connectivity index (χ2n) is 2.72. The van der Waals surface area contributed by atoms with Crippen molar-refractivity contribution in [1.29, 1.82) is 0 Å². The zero-order valence-electron chi connectivity index (χ0n) is 8.44. The van der Waals surface area contributed by atoms with E-state index in [1.54, 1.807) is 7.11 Å². The van der Waals surface area contributed by atoms with Crippen molar-refractivity contribution in [2.45, 2.75) is 52.0 Å². The van der Waals surface area contributed by atoms with Crippen molar-refractivity contribution in [3.63, 3.8) is 0 Å². The number of rotatable bonds is 6. The van der Waals surface area contributed by atoms with Gasteiger partial charge in [0.15, 0.2) is 0 Å². The lowest BCUT2D eigenvalue weighted by atomic mass is 10.1. The molecule has 0 radical (unpaired) electrons. The predicted molar refractivity (Wildman–Crippen MR) is 45.2 cm³/mol. The highest BCUT2D eigenvalue weighted by Gasteiger charge is 1.96. The minimum atomic E-state index is -0.659. The molecule has 1 atom stereocenters. The van der Waals surface area contributed by atoms with Crippen molar-refractivity contribution in [2.75, 3.05) is 7.11 Å². The van der Waals surface area contributed by atoms with Crippen LogP contribution in [-0.4, -0.2) is 13.2 Å². The Morgan fingerprint density at radius 2 is 2.10 bits per heavy atom. The Morgan fingerprint density at radius 3 is 2.60 bits per heavy atom. The molecule has 0 aliphatic carbocycles. The molecule has 0 aromatic carbocycles. The smallest absolute Gasteiger partial charge is 0.0600 e. The molecule has 0 saturated heterocycles. The van der Waals surface area contributed by atoms with Crippen LogP contribution in [0.3, 0.4) is 0 Å². The first kappa shape index (κ1) is 8.06. The van der Waals surface area contributed by atoms with Crippen LogP contribution >= 0.6 is 0 Å². The van der Waals surface area contributed by atoms with Gasteiger partial charge in [0.25, 0.3) is 0 Å². The molecular formula is C9H20O. The second-order valence-corrected chi connectivity index (χ2v) is 2.72. The van der Waals surface area contributed by atoms with E-state index < -0.39 is 6.08 Å². The van der Waals surface area contributed by atoms with Gasteiger partial charge in [0.2, 0.25) is 0 Å². The molecule has 0 spiro atoms. The fraction of sp³-hybridized carbons (Fsp3) is 1.00. The zero-order valence-corrected chi connectivity index (χ0v) is 7.44. The third kappa shape index (κ3) is 6.09. The first-order valence-electron chi connectivity index (χ1n) is 4.67. The highest BCUT2D eigenvalue weighted by molar-refractivity contribution is 4.49. The van der Waals surface area contributed by atoms with Gasteiger partial charge in [0.1, 0.15) is 0 Å². The topological polar surface area (TPSA) is 9.23 Å². The lowest BCUT2D eigenvalue weighted by Gasteiger charge is -2.07. The van der Waals surface area contributed by atoms with Crippen LogP contribution in [0.4, 0.5) is 0 Å². The molecule has 62 valence electrons. The first-order valence-corrected chi connectivity index (χ1v) is 4.17. The van der Waals surface area contributed by atoms with E-state index >= 15 is 0 Å². The maximum absolute atomic E-state index is 7.59. The quantitative estimate of drug-likeness (QED) is 0.522. The van der Waals surface area contributed by atoms with Crippen LogP contribution in [0.2, 0.25) is 0 Å². The number of hydrogen-bond donors (Lipinski definition) is 0. The van der Waals surface area contributed by atoms with Gasteiger partial charge in [-0.3, -0.25) is 0 Å². The molecular weight excluding hydrogens is 124 g/mol. The summed E-state index contributed by atoms with van der Waals surface area (Å²) in [6.45, 7) is 4.01. The summed E-state index contributed by atoms with van der Waals surface area (Å²) in [4.78, 5) is 0. The molecule has 0 rings (SSSR count). The van der Waals surface area contributed by atoms with Crippen LogP contribution in [0.1, 0.15) is 47.3 Å². The molecule has 0 aromatic rings. The van der Waals surface area contributed by atoms with E-state index in [9.17, 15) is 0 Å². The van der Waals surface area contributed by atoms with Crippen LogP contribution < -0.4 is 0 Å². The minimum Gasteiger partial charge on any atom is -0.382 e. The minimum absolute atomic E-state index is 0.659. The fourth-order valence-electron chi connectivity index (χ4n) is 0.903. The molecule has 1 nitrogen and oxygen atoms in total. The Morgan fingerprint density at radius 1 is 1.40 bits per heavy atom. The van der Waals surface area contributed by atoms with Gasteiger partial charge in [-0.05, 0) is 13.3 Å². The van der Waals surface area contributed by atoms with E-state index in [0.717, 1.165) is 12.8 Å². The Bertz CT molecular complexity index is 91.6. The summed E-state index contributed by atoms with van der Waals surface area (Å²) in [5, 5.41) is 0. The standard InChI is InChI=1S/C9H20O/c1-4-5-6-7-8-9(2)10-3/h9H,4-8H2,1-3H3/i9D. The van der Waals surface area contributed by atoms with Gasteiger partial charge in [0.05, 0.1) is 7.45 Å². The largest absolute Gasteiger partial charge is 0.382 e. The van der Waals surface area contributed by atoms with Gasteiger partial charge >= 0.3 is 0 Å². The lowest BCUT2D eigenvalue weighted by molar-refractivity contribution is 0.108. The molecule has 0 amide bonds. The number of ether oxygens (including phenoxy) is 1. The average Bonchev–Trinajstić information content (AvgIpc) is 1.99. The molecule has 0 aliphatic heterocycles. The number of hydrogen-bond acceptors (Lipinski definition) is 1. The maximum Gasteiger partial charge on any atom is 0.0600 e. The van der Waals surface area contributed by atoms with Gasteiger partial charge in [-0.2, -0.15) is 0 Å². The van der Waals surface area contributed by atoms with Crippen molar-refractivity contribution in [3.8, 4) is 0 Å². The predicted octanol–water partition coefficient (Wildman–Crippen LogP) is 2.99. The normalized spacial score (nSPS) is 18.1. The monoisotopic (exact) mass is 145 g/mol. The summed E-state index contributed by atoms with van der Waals surface area (Å²) < 4.78 is 12.6. The molecule has 0 N–H and O–H groups in total. The fourth-order valence-corrected chi connectivity index (χ4v) is 0.903. The second kappa shape index (κ2) is 7.07. The van der Waals surface area contributed by atoms with Crippen molar-refractivity contribution in [1.82, 2.24) is 0 Å². The SMILES string of the molecule is [2H]C(C)(CCCCCC)OC. The lowest BCUT2D eigenvalue weighted by Crippen LogP contribution is -2.03. The van der Waals surface area contributed by atoms with E-state index in [1.807, 2.05) is 6.92 Å². The molecule has 0 heterocycles. The summed E-state index contributed by atoms with van der Waals surface area (Å²) in [5.41, 5.74) is 0. The number of unbranched alkanes of at least 4 members (excludes halogenated alkanes) is 3. The van der Waals surface area contributed by atoms with Crippen LogP contribution in [-0.2, 0) is 4.74 Å². The van der Waals surface area contributed by atoms with Crippen molar-refractivity contribution in [3.05, 3.63) is 0 Å². The van der Waals surface area contributed by atoms with E-state index in [2.05, 4.69) is 6.92 Å². The summed E-state index contributed by atoms with van der Waals surface area (Å²) in [7, 11) is 1.60. The highest BCUT2D eigenvalue weighted by Crippen LogP contribution is 2.06. The van der Waals surface area contributed by atoms with Crippen LogP contribution in [0.25, 0.3) is 0 Å². The van der Waals surface area contributed by atoms with Gasteiger partial charge < -0.3 is 4.74 Å². The maximum atomic E-state index is 7.59. The van der Waals surface area contributed by atoms with Gasteiger partial charge in [-0.15, -0.1) is 0 Å². The molecule has 1 heteroatoms. The van der Waals surface area contributed by atoms with Crippen LogP contribution in [0, 0.1) is 0 Å². The number of methoxy groups -OCH3 is 1. The summed E-state index contributed by atoms with van der Waals surface area (Å²) in [6.07, 6.45) is 5.06. The van der Waals surface area contributed by atoms with E-state index in [-0.39, 0.29) is 0 Å². The van der Waals surface area contributed by atoms with E-state index in [4.69, 9.17) is 6.11 Å². The molecule has 0 aromatic heterocycles. The van der Waals surface area contributed by atoms with E-state index in [0.29, 0.717) is 0 Å². The van der Waals surface area contributed by atoms with Crippen LogP contribution in [0.15, 0.2) is 0 Å². The molecule has 0 aliphatic rings. The highest BCUT2D eigenvalue weighted by atomic mass is 16.5. The average molecular weight is 145 g/mol. The van der Waals surface area contributed by atoms with Crippen molar-refractivity contribution < 1.29 is 6.11 Å². The Balaban J connectivity index is 3.23. The zero-order chi connectivity index (χ0) is 8.74. The molecule has 0 saturated carbocycles. The van der Waals surface area contributed by atoms with Gasteiger partial charge in [0, 0.05) is 7.11 Å². The molecule has 0 fully saturated rings. The summed E-state index contributed by atoms with van der Waals surface area (Å²) in [6, 6.07) is 0.